The van der Waals surface area contributed by atoms with Crippen molar-refractivity contribution in [3.63, 3.8) is 0 Å². The minimum Gasteiger partial charge on any atom is -0.497 e. The average molecular weight is 202 g/mol. The molecule has 1 aromatic rings. The second-order valence-corrected chi connectivity index (χ2v) is 3.03. The van der Waals surface area contributed by atoms with Crippen molar-refractivity contribution in [1.82, 2.24) is 5.32 Å². The molecule has 0 amide bonds. The molecule has 0 saturated heterocycles. The fourth-order valence-electron chi connectivity index (χ4n) is 1.24. The standard InChI is InChI=1S/C12H14N2O/c1-3-8-14-12(9-13)10-4-6-11(15-2)7-5-10/h3-7,12,14H,1,8H2,2H3/t12-/m1/s1. The molecule has 0 aromatic heterocycles. The molecule has 3 heteroatoms. The van der Waals surface area contributed by atoms with Gasteiger partial charge in [0, 0.05) is 6.54 Å². The van der Waals surface area contributed by atoms with Crippen molar-refractivity contribution >= 4 is 0 Å². The summed E-state index contributed by atoms with van der Waals surface area (Å²) >= 11 is 0. The van der Waals surface area contributed by atoms with Gasteiger partial charge in [-0.05, 0) is 17.7 Å². The Hall–Kier alpha value is -1.79. The summed E-state index contributed by atoms with van der Waals surface area (Å²) in [6, 6.07) is 9.33. The lowest BCUT2D eigenvalue weighted by Gasteiger charge is -2.10. The van der Waals surface area contributed by atoms with E-state index < -0.39 is 0 Å². The topological polar surface area (TPSA) is 45.0 Å². The summed E-state index contributed by atoms with van der Waals surface area (Å²) in [6.45, 7) is 4.21. The van der Waals surface area contributed by atoms with Crippen LogP contribution in [0.5, 0.6) is 5.75 Å². The van der Waals surface area contributed by atoms with E-state index in [1.165, 1.54) is 0 Å². The summed E-state index contributed by atoms with van der Waals surface area (Å²) in [5.41, 5.74) is 0.931. The molecule has 0 heterocycles. The Labute approximate surface area is 90.0 Å². The average Bonchev–Trinajstić information content (AvgIpc) is 2.31. The Bertz CT molecular complexity index is 351. The summed E-state index contributed by atoms with van der Waals surface area (Å²) in [6.07, 6.45) is 1.73. The first-order valence-corrected chi connectivity index (χ1v) is 4.69. The first-order valence-electron chi connectivity index (χ1n) is 4.69. The highest BCUT2D eigenvalue weighted by molar-refractivity contribution is 5.31. The van der Waals surface area contributed by atoms with Gasteiger partial charge in [-0.25, -0.2) is 0 Å². The van der Waals surface area contributed by atoms with Crippen LogP contribution in [0.1, 0.15) is 11.6 Å². The third-order valence-electron chi connectivity index (χ3n) is 2.04. The second-order valence-electron chi connectivity index (χ2n) is 3.03. The number of nitriles is 1. The zero-order valence-corrected chi connectivity index (χ0v) is 8.73. The summed E-state index contributed by atoms with van der Waals surface area (Å²) in [5.74, 6) is 0.791. The molecule has 0 aliphatic heterocycles. The van der Waals surface area contributed by atoms with E-state index in [4.69, 9.17) is 10.00 Å². The maximum Gasteiger partial charge on any atom is 0.121 e. The number of benzene rings is 1. The predicted octanol–water partition coefficient (Wildman–Crippen LogP) is 2.04. The van der Waals surface area contributed by atoms with Crippen LogP contribution in [0.2, 0.25) is 0 Å². The van der Waals surface area contributed by atoms with Crippen molar-refractivity contribution in [2.75, 3.05) is 13.7 Å². The van der Waals surface area contributed by atoms with E-state index in [1.807, 2.05) is 24.3 Å². The molecule has 0 unspecified atom stereocenters. The van der Waals surface area contributed by atoms with Crippen molar-refractivity contribution in [2.45, 2.75) is 6.04 Å². The van der Waals surface area contributed by atoms with Crippen LogP contribution in [-0.4, -0.2) is 13.7 Å². The maximum absolute atomic E-state index is 8.95. The van der Waals surface area contributed by atoms with Crippen molar-refractivity contribution in [1.29, 1.82) is 5.26 Å². The van der Waals surface area contributed by atoms with E-state index in [-0.39, 0.29) is 6.04 Å². The van der Waals surface area contributed by atoms with E-state index in [0.717, 1.165) is 11.3 Å². The fourth-order valence-corrected chi connectivity index (χ4v) is 1.24. The highest BCUT2D eigenvalue weighted by Gasteiger charge is 2.07. The molecule has 3 nitrogen and oxygen atoms in total. The summed E-state index contributed by atoms with van der Waals surface area (Å²) in [4.78, 5) is 0. The number of nitrogens with zero attached hydrogens (tertiary/aromatic N) is 1. The van der Waals surface area contributed by atoms with Gasteiger partial charge in [0.1, 0.15) is 11.8 Å². The van der Waals surface area contributed by atoms with Crippen LogP contribution in [0.3, 0.4) is 0 Å². The van der Waals surface area contributed by atoms with E-state index in [1.54, 1.807) is 13.2 Å². The Morgan fingerprint density at radius 2 is 2.20 bits per heavy atom. The van der Waals surface area contributed by atoms with Crippen LogP contribution in [0, 0.1) is 11.3 Å². The largest absolute Gasteiger partial charge is 0.497 e. The first kappa shape index (κ1) is 11.3. The Morgan fingerprint density at radius 3 is 2.67 bits per heavy atom. The number of ether oxygens (including phenoxy) is 1. The van der Waals surface area contributed by atoms with Crippen LogP contribution in [-0.2, 0) is 0 Å². The highest BCUT2D eigenvalue weighted by Crippen LogP contribution is 2.16. The molecular formula is C12H14N2O. The van der Waals surface area contributed by atoms with Crippen LogP contribution in [0.15, 0.2) is 36.9 Å². The molecule has 1 atom stereocenters. The third kappa shape index (κ3) is 3.12. The third-order valence-corrected chi connectivity index (χ3v) is 2.04. The summed E-state index contributed by atoms with van der Waals surface area (Å²) < 4.78 is 5.04. The Morgan fingerprint density at radius 1 is 1.53 bits per heavy atom. The lowest BCUT2D eigenvalue weighted by molar-refractivity contribution is 0.414. The zero-order chi connectivity index (χ0) is 11.1. The molecule has 1 aromatic carbocycles. The van der Waals surface area contributed by atoms with Crippen molar-refractivity contribution in [3.8, 4) is 11.8 Å². The number of methoxy groups -OCH3 is 1. The van der Waals surface area contributed by atoms with Gasteiger partial charge in [-0.1, -0.05) is 18.2 Å². The first-order chi connectivity index (χ1) is 7.31. The van der Waals surface area contributed by atoms with Gasteiger partial charge in [0.2, 0.25) is 0 Å². The van der Waals surface area contributed by atoms with Gasteiger partial charge in [-0.2, -0.15) is 5.26 Å². The lowest BCUT2D eigenvalue weighted by Crippen LogP contribution is -2.19. The van der Waals surface area contributed by atoms with E-state index in [0.29, 0.717) is 6.54 Å². The molecule has 0 bridgehead atoms. The highest BCUT2D eigenvalue weighted by atomic mass is 16.5. The van der Waals surface area contributed by atoms with Crippen molar-refractivity contribution < 1.29 is 4.74 Å². The van der Waals surface area contributed by atoms with Gasteiger partial charge in [-0.3, -0.25) is 5.32 Å². The number of nitrogens with one attached hydrogen (secondary N) is 1. The molecule has 0 saturated carbocycles. The van der Waals surface area contributed by atoms with Gasteiger partial charge in [0.15, 0.2) is 0 Å². The molecule has 1 rings (SSSR count). The van der Waals surface area contributed by atoms with Gasteiger partial charge >= 0.3 is 0 Å². The maximum atomic E-state index is 8.95. The minimum atomic E-state index is -0.297. The molecule has 1 N–H and O–H groups in total. The number of rotatable bonds is 5. The SMILES string of the molecule is C=CCN[C@H](C#N)c1ccc(OC)cc1. The predicted molar refractivity (Wildman–Crippen MR) is 59.5 cm³/mol. The van der Waals surface area contributed by atoms with E-state index in [9.17, 15) is 0 Å². The van der Waals surface area contributed by atoms with Crippen LogP contribution in [0.4, 0.5) is 0 Å². The second kappa shape index (κ2) is 5.84. The quantitative estimate of drug-likeness (QED) is 0.743. The molecule has 0 radical (unpaired) electrons. The lowest BCUT2D eigenvalue weighted by atomic mass is 10.1. The number of hydrogen-bond donors (Lipinski definition) is 1. The Balaban J connectivity index is 2.74. The van der Waals surface area contributed by atoms with Crippen LogP contribution < -0.4 is 10.1 Å². The monoisotopic (exact) mass is 202 g/mol. The summed E-state index contributed by atoms with van der Waals surface area (Å²) in [7, 11) is 1.62. The van der Waals surface area contributed by atoms with Gasteiger partial charge in [0.05, 0.1) is 13.2 Å². The molecule has 0 aliphatic rings. The number of hydrogen-bond acceptors (Lipinski definition) is 3. The van der Waals surface area contributed by atoms with Crippen LogP contribution in [0.25, 0.3) is 0 Å². The molecule has 15 heavy (non-hydrogen) atoms. The van der Waals surface area contributed by atoms with E-state index >= 15 is 0 Å². The fraction of sp³-hybridized carbons (Fsp3) is 0.250. The van der Waals surface area contributed by atoms with Crippen LogP contribution >= 0.6 is 0 Å². The summed E-state index contributed by atoms with van der Waals surface area (Å²) in [5, 5.41) is 12.0. The van der Waals surface area contributed by atoms with Crippen molar-refractivity contribution in [2.24, 2.45) is 0 Å². The molecule has 0 spiro atoms. The van der Waals surface area contributed by atoms with Gasteiger partial charge in [-0.15, -0.1) is 6.58 Å². The van der Waals surface area contributed by atoms with Gasteiger partial charge in [0.25, 0.3) is 0 Å². The smallest absolute Gasteiger partial charge is 0.121 e. The Kier molecular flexibility index (Phi) is 4.39. The molecular weight excluding hydrogens is 188 g/mol. The van der Waals surface area contributed by atoms with Gasteiger partial charge < -0.3 is 4.74 Å². The van der Waals surface area contributed by atoms with Crippen molar-refractivity contribution in [3.05, 3.63) is 42.5 Å². The molecule has 0 aliphatic carbocycles. The minimum absolute atomic E-state index is 0.297. The van der Waals surface area contributed by atoms with E-state index in [2.05, 4.69) is 18.0 Å². The zero-order valence-electron chi connectivity index (χ0n) is 8.73. The normalized spacial score (nSPS) is 11.5. The molecule has 0 fully saturated rings. The molecule has 78 valence electrons.